The van der Waals surface area contributed by atoms with Gasteiger partial charge in [-0.05, 0) is 75.0 Å². The van der Waals surface area contributed by atoms with Gasteiger partial charge >= 0.3 is 0 Å². The third kappa shape index (κ3) is 7.31. The Labute approximate surface area is 161 Å². The molecule has 1 aliphatic rings. The number of carbonyl (C=O) groups excluding carboxylic acids is 2. The molecule has 27 heavy (non-hydrogen) atoms. The maximum atomic E-state index is 12.1. The standard InChI is InChI=1S/C21H27FN2O.CH2O/c1-2-18(8-3-4-14-22)20-9-6-16-24(20)15-5-7-17-10-12-19(13-11-17)21(23)25;1-2/h2-4,8,10-14,20H,5-7,9,15-16H2,1H3,(H2,23,25);1H2/b8-3-,14-4+,18-2+;. The van der Waals surface area contributed by atoms with Crippen molar-refractivity contribution in [1.29, 1.82) is 0 Å². The zero-order chi connectivity index (χ0) is 20.1. The normalized spacial score (nSPS) is 18.0. The highest BCUT2D eigenvalue weighted by Crippen LogP contribution is 2.25. The maximum absolute atomic E-state index is 12.1. The second-order valence-electron chi connectivity index (χ2n) is 6.32. The Hall–Kier alpha value is -2.53. The molecular weight excluding hydrogens is 343 g/mol. The highest BCUT2D eigenvalue weighted by atomic mass is 19.1. The summed E-state index contributed by atoms with van der Waals surface area (Å²) in [5.74, 6) is -0.388. The van der Waals surface area contributed by atoms with Crippen molar-refractivity contribution in [1.82, 2.24) is 4.90 Å². The van der Waals surface area contributed by atoms with Crippen LogP contribution in [-0.4, -0.2) is 36.7 Å². The van der Waals surface area contributed by atoms with Gasteiger partial charge in [0.1, 0.15) is 6.79 Å². The summed E-state index contributed by atoms with van der Waals surface area (Å²) < 4.78 is 12.1. The topological polar surface area (TPSA) is 63.4 Å². The average molecular weight is 372 g/mol. The van der Waals surface area contributed by atoms with Crippen molar-refractivity contribution >= 4 is 12.7 Å². The molecule has 0 radical (unpaired) electrons. The summed E-state index contributed by atoms with van der Waals surface area (Å²) in [6, 6.07) is 7.96. The van der Waals surface area contributed by atoms with E-state index >= 15 is 0 Å². The van der Waals surface area contributed by atoms with Gasteiger partial charge in [0.15, 0.2) is 0 Å². The third-order valence-corrected chi connectivity index (χ3v) is 4.70. The van der Waals surface area contributed by atoms with Crippen molar-refractivity contribution in [3.8, 4) is 0 Å². The first kappa shape index (κ1) is 22.5. The quantitative estimate of drug-likeness (QED) is 0.702. The molecule has 0 aromatic heterocycles. The van der Waals surface area contributed by atoms with E-state index in [9.17, 15) is 9.18 Å². The van der Waals surface area contributed by atoms with Gasteiger partial charge in [0.2, 0.25) is 5.91 Å². The third-order valence-electron chi connectivity index (χ3n) is 4.70. The van der Waals surface area contributed by atoms with E-state index in [4.69, 9.17) is 10.5 Å². The van der Waals surface area contributed by atoms with Crippen molar-refractivity contribution in [2.75, 3.05) is 13.1 Å². The number of likely N-dealkylation sites (tertiary alicyclic amines) is 1. The number of benzene rings is 1. The van der Waals surface area contributed by atoms with E-state index in [2.05, 4.69) is 11.0 Å². The van der Waals surface area contributed by atoms with Gasteiger partial charge in [-0.3, -0.25) is 9.69 Å². The Morgan fingerprint density at radius 1 is 1.30 bits per heavy atom. The number of amides is 1. The summed E-state index contributed by atoms with van der Waals surface area (Å²) in [6.45, 7) is 6.18. The lowest BCUT2D eigenvalue weighted by molar-refractivity contribution is -0.0980. The number of allylic oxidation sites excluding steroid dienone is 3. The number of halogens is 1. The van der Waals surface area contributed by atoms with Crippen LogP contribution in [0.1, 0.15) is 42.1 Å². The molecule has 1 heterocycles. The van der Waals surface area contributed by atoms with Crippen LogP contribution < -0.4 is 5.73 Å². The first-order valence-electron chi connectivity index (χ1n) is 9.17. The van der Waals surface area contributed by atoms with E-state index in [0.717, 1.165) is 32.4 Å². The monoisotopic (exact) mass is 372 g/mol. The molecule has 1 aliphatic heterocycles. The van der Waals surface area contributed by atoms with Crippen LogP contribution in [0.4, 0.5) is 4.39 Å². The van der Waals surface area contributed by atoms with Crippen LogP contribution in [0.3, 0.4) is 0 Å². The Bertz CT molecular complexity index is 665. The Kier molecular flexibility index (Phi) is 10.6. The number of primary amides is 1. The smallest absolute Gasteiger partial charge is 0.248 e. The first-order chi connectivity index (χ1) is 13.2. The summed E-state index contributed by atoms with van der Waals surface area (Å²) in [5, 5.41) is 0. The van der Waals surface area contributed by atoms with Crippen LogP contribution in [0.25, 0.3) is 0 Å². The molecule has 1 aromatic rings. The Morgan fingerprint density at radius 3 is 2.59 bits per heavy atom. The molecule has 0 saturated carbocycles. The molecule has 0 bridgehead atoms. The van der Waals surface area contributed by atoms with Crippen molar-refractivity contribution in [3.05, 3.63) is 71.6 Å². The lowest BCUT2D eigenvalue weighted by Gasteiger charge is -2.25. The number of hydrogen-bond donors (Lipinski definition) is 1. The highest BCUT2D eigenvalue weighted by molar-refractivity contribution is 5.92. The lowest BCUT2D eigenvalue weighted by atomic mass is 10.0. The number of nitrogens with zero attached hydrogens (tertiary/aromatic N) is 1. The number of carbonyl (C=O) groups is 2. The largest absolute Gasteiger partial charge is 0.366 e. The van der Waals surface area contributed by atoms with E-state index in [1.54, 1.807) is 18.2 Å². The van der Waals surface area contributed by atoms with Crippen LogP contribution in [0, 0.1) is 0 Å². The Balaban J connectivity index is 0.00000176. The van der Waals surface area contributed by atoms with Gasteiger partial charge in [-0.15, -0.1) is 0 Å². The molecule has 0 aliphatic carbocycles. The predicted molar refractivity (Wildman–Crippen MR) is 108 cm³/mol. The molecule has 2 rings (SSSR count). The van der Waals surface area contributed by atoms with Gasteiger partial charge in [-0.25, -0.2) is 4.39 Å². The zero-order valence-corrected chi connectivity index (χ0v) is 15.9. The summed E-state index contributed by atoms with van der Waals surface area (Å²) in [4.78, 5) is 21.6. The summed E-state index contributed by atoms with van der Waals surface area (Å²) in [6.07, 6.45) is 12.2. The molecule has 1 saturated heterocycles. The first-order valence-corrected chi connectivity index (χ1v) is 9.17. The molecule has 4 nitrogen and oxygen atoms in total. The molecule has 146 valence electrons. The van der Waals surface area contributed by atoms with Crippen molar-refractivity contribution in [3.63, 3.8) is 0 Å². The minimum Gasteiger partial charge on any atom is -0.366 e. The van der Waals surface area contributed by atoms with Crippen LogP contribution in [0.5, 0.6) is 0 Å². The number of aryl methyl sites for hydroxylation is 1. The summed E-state index contributed by atoms with van der Waals surface area (Å²) in [7, 11) is 0. The van der Waals surface area contributed by atoms with Gasteiger partial charge in [0.25, 0.3) is 0 Å². The van der Waals surface area contributed by atoms with Crippen molar-refractivity contribution in [2.45, 2.75) is 38.6 Å². The molecule has 1 atom stereocenters. The van der Waals surface area contributed by atoms with Crippen molar-refractivity contribution < 1.29 is 14.0 Å². The maximum Gasteiger partial charge on any atom is 0.248 e. The van der Waals surface area contributed by atoms with E-state index < -0.39 is 0 Å². The lowest BCUT2D eigenvalue weighted by Crippen LogP contribution is -2.31. The average Bonchev–Trinajstić information content (AvgIpc) is 3.15. The molecular formula is C22H29FN2O2. The van der Waals surface area contributed by atoms with E-state index in [0.29, 0.717) is 17.9 Å². The summed E-state index contributed by atoms with van der Waals surface area (Å²) >= 11 is 0. The molecule has 1 fully saturated rings. The highest BCUT2D eigenvalue weighted by Gasteiger charge is 2.25. The fraction of sp³-hybridized carbons (Fsp3) is 0.364. The molecule has 1 amide bonds. The van der Waals surface area contributed by atoms with E-state index in [-0.39, 0.29) is 5.91 Å². The van der Waals surface area contributed by atoms with Crippen molar-refractivity contribution in [2.24, 2.45) is 5.73 Å². The number of rotatable bonds is 8. The summed E-state index contributed by atoms with van der Waals surface area (Å²) in [5.41, 5.74) is 8.29. The van der Waals surface area contributed by atoms with Gasteiger partial charge in [-0.1, -0.05) is 30.4 Å². The SMILES string of the molecule is C=O.C\C=C(/C=C\C=C\F)C1CCCN1CCCc1ccc(C(N)=O)cc1. The molecule has 0 spiro atoms. The fourth-order valence-corrected chi connectivity index (χ4v) is 3.40. The molecule has 2 N–H and O–H groups in total. The number of hydrogen-bond acceptors (Lipinski definition) is 3. The minimum absolute atomic E-state index is 0.388. The molecule has 5 heteroatoms. The van der Waals surface area contributed by atoms with Crippen LogP contribution in [0.2, 0.25) is 0 Å². The van der Waals surface area contributed by atoms with Crippen LogP contribution in [-0.2, 0) is 11.2 Å². The van der Waals surface area contributed by atoms with E-state index in [1.807, 2.05) is 31.9 Å². The Morgan fingerprint density at radius 2 is 2.00 bits per heavy atom. The predicted octanol–water partition coefficient (Wildman–Crippen LogP) is 3.98. The van der Waals surface area contributed by atoms with E-state index in [1.165, 1.54) is 23.6 Å². The second kappa shape index (κ2) is 12.8. The minimum atomic E-state index is -0.388. The van der Waals surface area contributed by atoms with Gasteiger partial charge in [-0.2, -0.15) is 0 Å². The molecule has 1 unspecified atom stereocenters. The van der Waals surface area contributed by atoms with Gasteiger partial charge < -0.3 is 10.5 Å². The molecule has 1 aromatic carbocycles. The van der Waals surface area contributed by atoms with Gasteiger partial charge in [0, 0.05) is 11.6 Å². The van der Waals surface area contributed by atoms with Gasteiger partial charge in [0.05, 0.1) is 6.33 Å². The zero-order valence-electron chi connectivity index (χ0n) is 15.9. The number of nitrogens with two attached hydrogens (primary N) is 1. The van der Waals surface area contributed by atoms with Crippen LogP contribution >= 0.6 is 0 Å². The van der Waals surface area contributed by atoms with Crippen LogP contribution in [0.15, 0.2) is 60.5 Å². The second-order valence-corrected chi connectivity index (χ2v) is 6.32. The fourth-order valence-electron chi connectivity index (χ4n) is 3.40.